The van der Waals surface area contributed by atoms with Crippen molar-refractivity contribution in [2.75, 3.05) is 39.3 Å². The zero-order valence-electron chi connectivity index (χ0n) is 22.4. The van der Waals surface area contributed by atoms with Crippen LogP contribution >= 0.6 is 0 Å². The number of nitrogens with zero attached hydrogens (tertiary/aromatic N) is 4. The number of likely N-dealkylation sites (tertiary alicyclic amines) is 1. The van der Waals surface area contributed by atoms with Gasteiger partial charge in [-0.05, 0) is 30.5 Å². The number of furan rings is 1. The van der Waals surface area contributed by atoms with Gasteiger partial charge in [0.25, 0.3) is 11.8 Å². The van der Waals surface area contributed by atoms with Gasteiger partial charge in [-0.25, -0.2) is 4.79 Å². The number of hydrogen-bond acceptors (Lipinski definition) is 5. The van der Waals surface area contributed by atoms with Crippen molar-refractivity contribution in [3.05, 3.63) is 107 Å². The molecule has 2 aromatic carbocycles. The number of carbonyl (C=O) groups excluding carboxylic acids is 2. The van der Waals surface area contributed by atoms with E-state index in [2.05, 4.69) is 5.32 Å². The van der Waals surface area contributed by atoms with Crippen molar-refractivity contribution < 1.29 is 14.0 Å². The molecule has 6 rings (SSSR count). The average molecular weight is 540 g/mol. The Balaban J connectivity index is 1.50. The van der Waals surface area contributed by atoms with Crippen LogP contribution in [0.1, 0.15) is 45.5 Å². The monoisotopic (exact) mass is 539 g/mol. The first-order valence-electron chi connectivity index (χ1n) is 13.9. The van der Waals surface area contributed by atoms with Crippen LogP contribution in [0.3, 0.4) is 0 Å². The van der Waals surface area contributed by atoms with E-state index in [0.717, 1.165) is 24.0 Å². The number of nitrogens with one attached hydrogen (secondary N) is 1. The minimum absolute atomic E-state index is 0.147. The number of aromatic nitrogens is 2. The van der Waals surface area contributed by atoms with E-state index < -0.39 is 0 Å². The van der Waals surface area contributed by atoms with Gasteiger partial charge in [-0.3, -0.25) is 18.7 Å². The van der Waals surface area contributed by atoms with Crippen LogP contribution in [0.15, 0.2) is 88.3 Å². The van der Waals surface area contributed by atoms with E-state index in [9.17, 15) is 14.4 Å². The first kappa shape index (κ1) is 25.9. The van der Waals surface area contributed by atoms with Crippen molar-refractivity contribution in [2.45, 2.75) is 25.4 Å². The first-order valence-corrected chi connectivity index (χ1v) is 13.9. The highest BCUT2D eigenvalue weighted by atomic mass is 16.3. The molecule has 40 heavy (non-hydrogen) atoms. The number of rotatable bonds is 6. The lowest BCUT2D eigenvalue weighted by Gasteiger charge is -2.33. The van der Waals surface area contributed by atoms with Crippen LogP contribution in [-0.2, 0) is 6.54 Å². The first-order chi connectivity index (χ1) is 19.6. The zero-order chi connectivity index (χ0) is 27.5. The van der Waals surface area contributed by atoms with E-state index in [4.69, 9.17) is 4.42 Å². The second kappa shape index (κ2) is 11.4. The maximum Gasteiger partial charge on any atom is 0.329 e. The second-order valence-electron chi connectivity index (χ2n) is 10.4. The molecule has 2 saturated heterocycles. The SMILES string of the molecule is O=C(c1ccco1)N1CCCC(n2c(-c3ccccc3)c(C(=O)N3CCNCC3)n(Cc3ccccc3)c2=O)C1. The lowest BCUT2D eigenvalue weighted by Crippen LogP contribution is -2.47. The highest BCUT2D eigenvalue weighted by Gasteiger charge is 2.35. The number of benzene rings is 2. The third-order valence-corrected chi connectivity index (χ3v) is 7.79. The van der Waals surface area contributed by atoms with Crippen molar-refractivity contribution in [3.8, 4) is 11.3 Å². The summed E-state index contributed by atoms with van der Waals surface area (Å²) < 4.78 is 8.78. The molecule has 4 heterocycles. The molecule has 0 saturated carbocycles. The molecular formula is C31H33N5O4. The van der Waals surface area contributed by atoms with E-state index in [-0.39, 0.29) is 35.9 Å². The van der Waals surface area contributed by atoms with Crippen LogP contribution in [-0.4, -0.2) is 70.0 Å². The van der Waals surface area contributed by atoms with Crippen LogP contribution in [0.25, 0.3) is 11.3 Å². The van der Waals surface area contributed by atoms with Gasteiger partial charge in [-0.15, -0.1) is 0 Å². The Hall–Kier alpha value is -4.37. The smallest absolute Gasteiger partial charge is 0.329 e. The molecule has 0 aliphatic carbocycles. The molecule has 2 aromatic heterocycles. The van der Waals surface area contributed by atoms with Crippen molar-refractivity contribution in [3.63, 3.8) is 0 Å². The predicted octanol–water partition coefficient (Wildman–Crippen LogP) is 3.48. The van der Waals surface area contributed by atoms with Gasteiger partial charge in [0.1, 0.15) is 5.69 Å². The van der Waals surface area contributed by atoms with Gasteiger partial charge in [0, 0.05) is 44.8 Å². The fraction of sp³-hybridized carbons (Fsp3) is 0.323. The number of carbonyl (C=O) groups is 2. The largest absolute Gasteiger partial charge is 0.459 e. The molecule has 0 radical (unpaired) electrons. The van der Waals surface area contributed by atoms with E-state index in [1.165, 1.54) is 6.26 Å². The van der Waals surface area contributed by atoms with Crippen molar-refractivity contribution in [2.24, 2.45) is 0 Å². The molecule has 1 unspecified atom stereocenters. The highest BCUT2D eigenvalue weighted by Crippen LogP contribution is 2.32. The van der Waals surface area contributed by atoms with Crippen molar-refractivity contribution in [1.29, 1.82) is 0 Å². The third-order valence-electron chi connectivity index (χ3n) is 7.79. The molecule has 2 amide bonds. The van der Waals surface area contributed by atoms with Crippen LogP contribution in [0.2, 0.25) is 0 Å². The van der Waals surface area contributed by atoms with Gasteiger partial charge in [-0.1, -0.05) is 60.7 Å². The molecule has 9 heteroatoms. The maximum atomic E-state index is 14.4. The summed E-state index contributed by atoms with van der Waals surface area (Å²) in [7, 11) is 0. The lowest BCUT2D eigenvalue weighted by atomic mass is 10.0. The summed E-state index contributed by atoms with van der Waals surface area (Å²) in [6, 6.07) is 22.5. The molecule has 2 aliphatic rings. The van der Waals surface area contributed by atoms with Gasteiger partial charge in [0.15, 0.2) is 5.76 Å². The van der Waals surface area contributed by atoms with Crippen LogP contribution in [0, 0.1) is 0 Å². The number of hydrogen-bond donors (Lipinski definition) is 1. The van der Waals surface area contributed by atoms with Crippen molar-refractivity contribution >= 4 is 11.8 Å². The highest BCUT2D eigenvalue weighted by molar-refractivity contribution is 5.99. The molecule has 0 bridgehead atoms. The number of amides is 2. The summed E-state index contributed by atoms with van der Waals surface area (Å²) in [6.45, 7) is 3.80. The maximum absolute atomic E-state index is 14.4. The molecule has 1 atom stereocenters. The molecule has 2 aliphatic heterocycles. The number of piperidine rings is 1. The molecular weight excluding hydrogens is 506 g/mol. The quantitative estimate of drug-likeness (QED) is 0.405. The fourth-order valence-corrected chi connectivity index (χ4v) is 5.83. The summed E-state index contributed by atoms with van der Waals surface area (Å²) in [4.78, 5) is 45.4. The second-order valence-corrected chi connectivity index (χ2v) is 10.4. The Kier molecular flexibility index (Phi) is 7.37. The predicted molar refractivity (Wildman–Crippen MR) is 151 cm³/mol. The van der Waals surface area contributed by atoms with Crippen molar-refractivity contribution in [1.82, 2.24) is 24.3 Å². The van der Waals surface area contributed by atoms with Gasteiger partial charge in [0.2, 0.25) is 0 Å². The summed E-state index contributed by atoms with van der Waals surface area (Å²) in [5, 5.41) is 3.30. The van der Waals surface area contributed by atoms with Gasteiger partial charge < -0.3 is 19.5 Å². The number of piperazine rings is 1. The Bertz CT molecular complexity index is 1520. The summed E-state index contributed by atoms with van der Waals surface area (Å²) in [6.07, 6.45) is 2.95. The Morgan fingerprint density at radius 2 is 1.57 bits per heavy atom. The van der Waals surface area contributed by atoms with Crippen LogP contribution in [0.5, 0.6) is 0 Å². The summed E-state index contributed by atoms with van der Waals surface area (Å²) in [5.41, 5.74) is 2.52. The topological polar surface area (TPSA) is 92.7 Å². The molecule has 2 fully saturated rings. The minimum Gasteiger partial charge on any atom is -0.459 e. The zero-order valence-corrected chi connectivity index (χ0v) is 22.4. The van der Waals surface area contributed by atoms with E-state index in [1.54, 1.807) is 26.2 Å². The molecule has 206 valence electrons. The molecule has 4 aromatic rings. The van der Waals surface area contributed by atoms with E-state index in [0.29, 0.717) is 50.7 Å². The van der Waals surface area contributed by atoms with Gasteiger partial charge in [0.05, 0.1) is 24.5 Å². The van der Waals surface area contributed by atoms with E-state index >= 15 is 0 Å². The third kappa shape index (κ3) is 5.00. The summed E-state index contributed by atoms with van der Waals surface area (Å²) >= 11 is 0. The molecule has 9 nitrogen and oxygen atoms in total. The minimum atomic E-state index is -0.290. The van der Waals surface area contributed by atoms with E-state index in [1.807, 2.05) is 65.6 Å². The Morgan fingerprint density at radius 1 is 0.850 bits per heavy atom. The van der Waals surface area contributed by atoms with Gasteiger partial charge >= 0.3 is 5.69 Å². The van der Waals surface area contributed by atoms with Crippen LogP contribution in [0.4, 0.5) is 0 Å². The lowest BCUT2D eigenvalue weighted by molar-refractivity contribution is 0.0645. The Morgan fingerprint density at radius 3 is 2.27 bits per heavy atom. The number of imidazole rings is 1. The standard InChI is InChI=1S/C31H33N5O4/c37-29(26-14-8-20-40-26)34-17-7-13-25(22-34)36-27(24-11-5-2-6-12-24)28(30(38)33-18-15-32-16-19-33)35(31(36)39)21-23-9-3-1-4-10-23/h1-6,8-12,14,20,25,32H,7,13,15-19,21-22H2. The van der Waals surface area contributed by atoms with Crippen LogP contribution < -0.4 is 11.0 Å². The Labute approximate surface area is 232 Å². The van der Waals surface area contributed by atoms with Gasteiger partial charge in [-0.2, -0.15) is 0 Å². The average Bonchev–Trinajstić information content (AvgIpc) is 3.65. The normalized spacial score (nSPS) is 17.6. The summed E-state index contributed by atoms with van der Waals surface area (Å²) in [5.74, 6) is -0.0520. The molecule has 0 spiro atoms. The molecule has 1 N–H and O–H groups in total. The fourth-order valence-electron chi connectivity index (χ4n) is 5.83.